The summed E-state index contributed by atoms with van der Waals surface area (Å²) in [4.78, 5) is 0. The zero-order valence-electron chi connectivity index (χ0n) is 7.53. The molecule has 2 rings (SSSR count). The molecule has 14 heavy (non-hydrogen) atoms. The van der Waals surface area contributed by atoms with E-state index in [-0.39, 0.29) is 0 Å². The van der Waals surface area contributed by atoms with Gasteiger partial charge in [-0.25, -0.2) is 0 Å². The van der Waals surface area contributed by atoms with Crippen LogP contribution in [0.2, 0.25) is 0 Å². The Morgan fingerprint density at radius 3 is 2.93 bits per heavy atom. The summed E-state index contributed by atoms with van der Waals surface area (Å²) in [6.07, 6.45) is 1.55. The standard InChI is InChI=1S/C10H8BrNO2/c1-7-10(6-12-14-7)13-9-4-2-3-8(11)5-9/h2-6H,1H3. The molecule has 4 heteroatoms. The van der Waals surface area contributed by atoms with E-state index in [2.05, 4.69) is 21.1 Å². The Bertz CT molecular complexity index is 439. The summed E-state index contributed by atoms with van der Waals surface area (Å²) in [6, 6.07) is 7.60. The maximum atomic E-state index is 5.54. The third kappa shape index (κ3) is 1.96. The van der Waals surface area contributed by atoms with Crippen molar-refractivity contribution in [1.82, 2.24) is 5.16 Å². The summed E-state index contributed by atoms with van der Waals surface area (Å²) in [5.41, 5.74) is 0. The highest BCUT2D eigenvalue weighted by Gasteiger charge is 2.05. The van der Waals surface area contributed by atoms with E-state index in [0.29, 0.717) is 11.5 Å². The number of aryl methyl sites for hydroxylation is 1. The number of hydrogen-bond acceptors (Lipinski definition) is 3. The van der Waals surface area contributed by atoms with Crippen LogP contribution in [0.5, 0.6) is 11.5 Å². The van der Waals surface area contributed by atoms with Gasteiger partial charge in [0.1, 0.15) is 11.9 Å². The Morgan fingerprint density at radius 2 is 2.29 bits per heavy atom. The molecule has 0 aliphatic carbocycles. The Kier molecular flexibility index (Phi) is 2.54. The molecule has 2 aromatic rings. The maximum Gasteiger partial charge on any atom is 0.189 e. The lowest BCUT2D eigenvalue weighted by Crippen LogP contribution is -1.83. The first-order valence-corrected chi connectivity index (χ1v) is 4.90. The van der Waals surface area contributed by atoms with E-state index in [1.54, 1.807) is 13.1 Å². The molecule has 0 radical (unpaired) electrons. The van der Waals surface area contributed by atoms with Crippen LogP contribution in [0, 0.1) is 6.92 Å². The van der Waals surface area contributed by atoms with Gasteiger partial charge in [-0.3, -0.25) is 0 Å². The minimum atomic E-state index is 0.642. The van der Waals surface area contributed by atoms with Gasteiger partial charge in [-0.1, -0.05) is 27.2 Å². The fourth-order valence-electron chi connectivity index (χ4n) is 1.04. The van der Waals surface area contributed by atoms with Crippen LogP contribution in [0.3, 0.4) is 0 Å². The van der Waals surface area contributed by atoms with E-state index in [1.807, 2.05) is 24.3 Å². The fraction of sp³-hybridized carbons (Fsp3) is 0.100. The average Bonchev–Trinajstić information content (AvgIpc) is 2.52. The van der Waals surface area contributed by atoms with Crippen LogP contribution in [0.1, 0.15) is 5.76 Å². The molecule has 0 bridgehead atoms. The largest absolute Gasteiger partial charge is 0.452 e. The van der Waals surface area contributed by atoms with E-state index >= 15 is 0 Å². The van der Waals surface area contributed by atoms with Gasteiger partial charge in [0.25, 0.3) is 0 Å². The Balaban J connectivity index is 2.23. The van der Waals surface area contributed by atoms with Crippen molar-refractivity contribution in [3.8, 4) is 11.5 Å². The van der Waals surface area contributed by atoms with Gasteiger partial charge in [-0.2, -0.15) is 0 Å². The van der Waals surface area contributed by atoms with Crippen molar-refractivity contribution in [2.24, 2.45) is 0 Å². The molecular weight excluding hydrogens is 246 g/mol. The predicted octanol–water partition coefficient (Wildman–Crippen LogP) is 3.54. The zero-order chi connectivity index (χ0) is 9.97. The predicted molar refractivity (Wildman–Crippen MR) is 55.5 cm³/mol. The zero-order valence-corrected chi connectivity index (χ0v) is 9.11. The molecule has 0 N–H and O–H groups in total. The van der Waals surface area contributed by atoms with Crippen LogP contribution >= 0.6 is 15.9 Å². The molecule has 0 saturated carbocycles. The van der Waals surface area contributed by atoms with Crippen molar-refractivity contribution < 1.29 is 9.26 Å². The SMILES string of the molecule is Cc1oncc1Oc1cccc(Br)c1. The lowest BCUT2D eigenvalue weighted by Gasteiger charge is -2.02. The molecule has 0 fully saturated rings. The lowest BCUT2D eigenvalue weighted by molar-refractivity contribution is 0.386. The Hall–Kier alpha value is -1.29. The molecule has 72 valence electrons. The topological polar surface area (TPSA) is 35.3 Å². The van der Waals surface area contributed by atoms with Crippen molar-refractivity contribution in [3.05, 3.63) is 40.7 Å². The van der Waals surface area contributed by atoms with Crippen LogP contribution < -0.4 is 4.74 Å². The van der Waals surface area contributed by atoms with Gasteiger partial charge in [0.05, 0.1) is 0 Å². The molecule has 0 aliphatic heterocycles. The van der Waals surface area contributed by atoms with Gasteiger partial charge in [-0.05, 0) is 18.2 Å². The van der Waals surface area contributed by atoms with Gasteiger partial charge in [0.2, 0.25) is 0 Å². The maximum absolute atomic E-state index is 5.54. The average molecular weight is 254 g/mol. The second-order valence-electron chi connectivity index (χ2n) is 2.81. The first kappa shape index (κ1) is 9.27. The van der Waals surface area contributed by atoms with Crippen LogP contribution in [-0.4, -0.2) is 5.16 Å². The third-order valence-corrected chi connectivity index (χ3v) is 2.22. The van der Waals surface area contributed by atoms with E-state index in [9.17, 15) is 0 Å². The van der Waals surface area contributed by atoms with Crippen molar-refractivity contribution >= 4 is 15.9 Å². The molecule has 1 aromatic heterocycles. The molecule has 1 aromatic carbocycles. The normalized spacial score (nSPS) is 10.1. The highest BCUT2D eigenvalue weighted by Crippen LogP contribution is 2.26. The number of nitrogens with zero attached hydrogens (tertiary/aromatic N) is 1. The molecule has 0 spiro atoms. The van der Waals surface area contributed by atoms with E-state index in [4.69, 9.17) is 9.26 Å². The quantitative estimate of drug-likeness (QED) is 0.822. The molecule has 3 nitrogen and oxygen atoms in total. The second-order valence-corrected chi connectivity index (χ2v) is 3.72. The summed E-state index contributed by atoms with van der Waals surface area (Å²) in [7, 11) is 0. The van der Waals surface area contributed by atoms with Gasteiger partial charge in [0.15, 0.2) is 11.5 Å². The summed E-state index contributed by atoms with van der Waals surface area (Å²) in [5.74, 6) is 2.07. The first-order valence-electron chi connectivity index (χ1n) is 4.10. The smallest absolute Gasteiger partial charge is 0.189 e. The summed E-state index contributed by atoms with van der Waals surface area (Å²) < 4.78 is 11.4. The minimum absolute atomic E-state index is 0.642. The van der Waals surface area contributed by atoms with Crippen molar-refractivity contribution in [3.63, 3.8) is 0 Å². The Labute approximate surface area is 89.8 Å². The van der Waals surface area contributed by atoms with E-state index in [0.717, 1.165) is 10.2 Å². The number of hydrogen-bond donors (Lipinski definition) is 0. The number of ether oxygens (including phenoxy) is 1. The highest BCUT2D eigenvalue weighted by molar-refractivity contribution is 9.10. The van der Waals surface area contributed by atoms with Crippen molar-refractivity contribution in [2.75, 3.05) is 0 Å². The van der Waals surface area contributed by atoms with Crippen molar-refractivity contribution in [1.29, 1.82) is 0 Å². The van der Waals surface area contributed by atoms with Crippen LogP contribution in [0.25, 0.3) is 0 Å². The molecule has 0 saturated heterocycles. The highest BCUT2D eigenvalue weighted by atomic mass is 79.9. The van der Waals surface area contributed by atoms with Crippen molar-refractivity contribution in [2.45, 2.75) is 6.92 Å². The lowest BCUT2D eigenvalue weighted by atomic mass is 10.3. The number of aromatic nitrogens is 1. The fourth-order valence-corrected chi connectivity index (χ4v) is 1.42. The molecule has 0 amide bonds. The number of halogens is 1. The van der Waals surface area contributed by atoms with Crippen LogP contribution in [0.4, 0.5) is 0 Å². The van der Waals surface area contributed by atoms with Gasteiger partial charge in [0, 0.05) is 11.4 Å². The van der Waals surface area contributed by atoms with Gasteiger partial charge < -0.3 is 9.26 Å². The Morgan fingerprint density at radius 1 is 1.43 bits per heavy atom. The second kappa shape index (κ2) is 3.84. The third-order valence-electron chi connectivity index (χ3n) is 1.73. The molecule has 0 atom stereocenters. The van der Waals surface area contributed by atoms with Crippen LogP contribution in [-0.2, 0) is 0 Å². The summed E-state index contributed by atoms with van der Waals surface area (Å²) in [6.45, 7) is 1.81. The van der Waals surface area contributed by atoms with Gasteiger partial charge >= 0.3 is 0 Å². The molecule has 0 unspecified atom stereocenters. The van der Waals surface area contributed by atoms with E-state index < -0.39 is 0 Å². The molecule has 1 heterocycles. The molecular formula is C10H8BrNO2. The monoisotopic (exact) mass is 253 g/mol. The number of benzene rings is 1. The summed E-state index contributed by atoms with van der Waals surface area (Å²) >= 11 is 3.37. The minimum Gasteiger partial charge on any atom is -0.452 e. The summed E-state index contributed by atoms with van der Waals surface area (Å²) in [5, 5.41) is 3.63. The molecule has 0 aliphatic rings. The first-order chi connectivity index (χ1) is 6.75. The number of rotatable bonds is 2. The van der Waals surface area contributed by atoms with E-state index in [1.165, 1.54) is 0 Å². The van der Waals surface area contributed by atoms with Gasteiger partial charge in [-0.15, -0.1) is 0 Å². The van der Waals surface area contributed by atoms with Crippen LogP contribution in [0.15, 0.2) is 39.5 Å².